The van der Waals surface area contributed by atoms with Gasteiger partial charge in [-0.15, -0.1) is 0 Å². The number of primary amides is 1. The molecule has 4 rings (SSSR count). The maximum absolute atomic E-state index is 14.3. The molecule has 13 heteroatoms. The van der Waals surface area contributed by atoms with Gasteiger partial charge in [0.2, 0.25) is 17.6 Å². The van der Waals surface area contributed by atoms with Gasteiger partial charge >= 0.3 is 6.03 Å². The molecule has 12 nitrogen and oxygen atoms in total. The van der Waals surface area contributed by atoms with E-state index in [0.717, 1.165) is 38.5 Å². The Kier molecular flexibility index (Phi) is 10.0. The van der Waals surface area contributed by atoms with E-state index in [1.54, 1.807) is 6.92 Å². The topological polar surface area (TPSA) is 185 Å². The molecule has 1 aliphatic heterocycles. The fraction of sp³-hybridized carbons (Fsp3) is 0.844. The van der Waals surface area contributed by atoms with Gasteiger partial charge in [0.05, 0.1) is 17.3 Å². The first-order valence-electron chi connectivity index (χ1n) is 16.6. The summed E-state index contributed by atoms with van der Waals surface area (Å²) in [6.07, 6.45) is 6.81. The zero-order valence-corrected chi connectivity index (χ0v) is 28.6. The number of ketones is 1. The van der Waals surface area contributed by atoms with Gasteiger partial charge in [0.25, 0.3) is 5.91 Å². The van der Waals surface area contributed by atoms with Gasteiger partial charge in [-0.2, -0.15) is 0 Å². The number of fused-ring (bicyclic) bond motifs is 1. The zero-order valence-electron chi connectivity index (χ0n) is 27.7. The first kappa shape index (κ1) is 35.2. The van der Waals surface area contributed by atoms with Crippen LogP contribution in [0.2, 0.25) is 0 Å². The maximum Gasteiger partial charge on any atom is 0.315 e. The van der Waals surface area contributed by atoms with Crippen molar-refractivity contribution < 1.29 is 32.4 Å². The van der Waals surface area contributed by atoms with E-state index in [4.69, 9.17) is 5.73 Å². The van der Waals surface area contributed by atoms with E-state index in [2.05, 4.69) is 16.0 Å². The molecule has 0 aromatic heterocycles. The number of likely N-dealkylation sites (tertiary alicyclic amines) is 1. The second-order valence-electron chi connectivity index (χ2n) is 15.6. The molecular formula is C32H53N5O7S. The molecule has 4 aliphatic rings. The summed E-state index contributed by atoms with van der Waals surface area (Å²) in [4.78, 5) is 67.8. The van der Waals surface area contributed by atoms with Gasteiger partial charge in [-0.05, 0) is 47.8 Å². The molecule has 0 spiro atoms. The second kappa shape index (κ2) is 12.8. The van der Waals surface area contributed by atoms with E-state index in [1.807, 2.05) is 34.6 Å². The van der Waals surface area contributed by atoms with Crippen LogP contribution in [-0.2, 0) is 29.0 Å². The van der Waals surface area contributed by atoms with Crippen molar-refractivity contribution in [3.8, 4) is 0 Å². The number of carbonyl (C=O) groups excluding carboxylic acids is 5. The van der Waals surface area contributed by atoms with Gasteiger partial charge < -0.3 is 26.6 Å². The van der Waals surface area contributed by atoms with Gasteiger partial charge in [0, 0.05) is 12.3 Å². The standard InChI is InChI=1S/C32H53N5O7S/c1-7-45(43,44)18-32(14-9-8-10-15-32)36-29(42)35-25(30(2,3)4)28(41)37-17-20-22(31(20,5)6)23(37)27(40)34-21(24(38)26(33)39)16-19-12-11-13-19/h19-23,25H,7-18H2,1-6H3,(H2,33,39)(H,34,40)(H2,35,36,42)/t20-,21?,22-,23-,25+/m0/s1. The highest BCUT2D eigenvalue weighted by Crippen LogP contribution is 2.65. The van der Waals surface area contributed by atoms with Gasteiger partial charge in [-0.25, -0.2) is 13.2 Å². The lowest BCUT2D eigenvalue weighted by Crippen LogP contribution is -2.64. The van der Waals surface area contributed by atoms with E-state index < -0.39 is 68.5 Å². The first-order valence-corrected chi connectivity index (χ1v) is 18.4. The smallest absolute Gasteiger partial charge is 0.315 e. The van der Waals surface area contributed by atoms with Gasteiger partial charge in [-0.3, -0.25) is 19.2 Å². The molecule has 1 unspecified atom stereocenters. The normalized spacial score (nSPS) is 26.9. The van der Waals surface area contributed by atoms with Crippen LogP contribution >= 0.6 is 0 Å². The van der Waals surface area contributed by atoms with E-state index >= 15 is 0 Å². The number of amides is 5. The second-order valence-corrected chi connectivity index (χ2v) is 18.0. The Bertz CT molecular complexity index is 1300. The number of nitrogens with one attached hydrogen (secondary N) is 3. The predicted octanol–water partition coefficient (Wildman–Crippen LogP) is 2.05. The summed E-state index contributed by atoms with van der Waals surface area (Å²) < 4.78 is 25.2. The van der Waals surface area contributed by atoms with Crippen LogP contribution in [0.4, 0.5) is 4.79 Å². The zero-order chi connectivity index (χ0) is 33.5. The van der Waals surface area contributed by atoms with Gasteiger partial charge in [-0.1, -0.05) is 80.1 Å². The van der Waals surface area contributed by atoms with Crippen LogP contribution in [0.25, 0.3) is 0 Å². The molecule has 0 bridgehead atoms. The van der Waals surface area contributed by atoms with E-state index in [0.29, 0.717) is 25.8 Å². The Morgan fingerprint density at radius 1 is 0.978 bits per heavy atom. The van der Waals surface area contributed by atoms with E-state index in [1.165, 1.54) is 4.90 Å². The molecule has 1 saturated heterocycles. The Labute approximate surface area is 267 Å². The Morgan fingerprint density at radius 3 is 2.11 bits per heavy atom. The predicted molar refractivity (Wildman–Crippen MR) is 169 cm³/mol. The van der Waals surface area contributed by atoms with Crippen LogP contribution in [0.1, 0.15) is 99.3 Å². The molecule has 5 N–H and O–H groups in total. The molecule has 0 aromatic rings. The lowest BCUT2D eigenvalue weighted by molar-refractivity contribution is -0.145. The average Bonchev–Trinajstić information content (AvgIpc) is 3.24. The van der Waals surface area contributed by atoms with Crippen LogP contribution in [0.5, 0.6) is 0 Å². The number of piperidine rings is 1. The number of rotatable bonds is 12. The summed E-state index contributed by atoms with van der Waals surface area (Å²) in [5.74, 6) is -2.90. The fourth-order valence-corrected chi connectivity index (χ4v) is 9.22. The summed E-state index contributed by atoms with van der Waals surface area (Å²) in [6, 6.07) is -3.56. The number of hydrogen-bond acceptors (Lipinski definition) is 7. The summed E-state index contributed by atoms with van der Waals surface area (Å²) in [5, 5.41) is 8.59. The molecule has 5 atom stereocenters. The third-order valence-electron chi connectivity index (χ3n) is 10.9. The third kappa shape index (κ3) is 7.65. The van der Waals surface area contributed by atoms with Crippen molar-refractivity contribution in [1.29, 1.82) is 0 Å². The fourth-order valence-electron chi connectivity index (χ4n) is 7.81. The molecule has 3 aliphatic carbocycles. The van der Waals surface area contributed by atoms with Crippen LogP contribution in [-0.4, -0.2) is 84.6 Å². The number of nitrogens with zero attached hydrogens (tertiary/aromatic N) is 1. The number of hydrogen-bond donors (Lipinski definition) is 4. The van der Waals surface area contributed by atoms with Gasteiger partial charge in [0.15, 0.2) is 9.84 Å². The lowest BCUT2D eigenvalue weighted by atomic mass is 9.80. The summed E-state index contributed by atoms with van der Waals surface area (Å²) in [6.45, 7) is 11.5. The maximum atomic E-state index is 14.3. The minimum absolute atomic E-state index is 0.0230. The molecule has 0 aromatic carbocycles. The van der Waals surface area contributed by atoms with Crippen LogP contribution in [0, 0.1) is 28.6 Å². The van der Waals surface area contributed by atoms with Gasteiger partial charge in [0.1, 0.15) is 12.1 Å². The third-order valence-corrected chi connectivity index (χ3v) is 12.8. The number of urea groups is 1. The van der Waals surface area contributed by atoms with Crippen molar-refractivity contribution in [3.05, 3.63) is 0 Å². The highest BCUT2D eigenvalue weighted by atomic mass is 32.2. The number of carbonyl (C=O) groups is 5. The van der Waals surface area contributed by atoms with Crippen LogP contribution < -0.4 is 21.7 Å². The lowest BCUT2D eigenvalue weighted by Gasteiger charge is -2.40. The molecule has 4 fully saturated rings. The highest BCUT2D eigenvalue weighted by molar-refractivity contribution is 7.91. The molecule has 254 valence electrons. The summed E-state index contributed by atoms with van der Waals surface area (Å²) in [7, 11) is -3.38. The molecular weight excluding hydrogens is 598 g/mol. The molecule has 3 saturated carbocycles. The molecule has 0 radical (unpaired) electrons. The summed E-state index contributed by atoms with van der Waals surface area (Å²) in [5.41, 5.74) is 3.47. The van der Waals surface area contributed by atoms with Crippen molar-refractivity contribution in [2.75, 3.05) is 18.1 Å². The SMILES string of the molecule is CCS(=O)(=O)CC1(NC(=O)N[C@H](C(=O)N2C[C@H]3[C@@H]([C@H]2C(=O)NC(CC2CCC2)C(=O)C(N)=O)C3(C)C)C(C)(C)C)CCCCC1. The monoisotopic (exact) mass is 651 g/mol. The first-order chi connectivity index (χ1) is 20.8. The Balaban J connectivity index is 1.54. The van der Waals surface area contributed by atoms with E-state index in [-0.39, 0.29) is 34.7 Å². The van der Waals surface area contributed by atoms with Crippen molar-refractivity contribution in [3.63, 3.8) is 0 Å². The minimum Gasteiger partial charge on any atom is -0.363 e. The Morgan fingerprint density at radius 2 is 1.60 bits per heavy atom. The van der Waals surface area contributed by atoms with E-state index in [9.17, 15) is 32.4 Å². The average molecular weight is 652 g/mol. The molecule has 45 heavy (non-hydrogen) atoms. The largest absolute Gasteiger partial charge is 0.363 e. The minimum atomic E-state index is -3.38. The summed E-state index contributed by atoms with van der Waals surface area (Å²) >= 11 is 0. The molecule has 1 heterocycles. The Hall–Kier alpha value is -2.70. The van der Waals surface area contributed by atoms with Crippen LogP contribution in [0.3, 0.4) is 0 Å². The van der Waals surface area contributed by atoms with Crippen molar-refractivity contribution in [2.24, 2.45) is 34.3 Å². The van der Waals surface area contributed by atoms with Crippen LogP contribution in [0.15, 0.2) is 0 Å². The van der Waals surface area contributed by atoms with Crippen molar-refractivity contribution >= 4 is 39.4 Å². The number of Topliss-reactive ketones (excluding diaryl/α,β-unsaturated/α-hetero) is 1. The van der Waals surface area contributed by atoms with Crippen molar-refractivity contribution in [1.82, 2.24) is 20.9 Å². The number of sulfone groups is 1. The number of nitrogens with two attached hydrogens (primary N) is 1. The highest BCUT2D eigenvalue weighted by Gasteiger charge is 2.70. The van der Waals surface area contributed by atoms with Crippen molar-refractivity contribution in [2.45, 2.75) is 123 Å². The molecule has 5 amide bonds. The quantitative estimate of drug-likeness (QED) is 0.233.